The number of carbonyl (C=O) groups is 2. The fraction of sp³-hybridized carbons (Fsp3) is 0.261. The summed E-state index contributed by atoms with van der Waals surface area (Å²) in [6.07, 6.45) is 0. The molecule has 174 valence electrons. The molecule has 1 N–H and O–H groups in total. The zero-order valence-electron chi connectivity index (χ0n) is 18.3. The van der Waals surface area contributed by atoms with E-state index in [0.29, 0.717) is 55.5 Å². The standard InChI is InChI=1S/C23H21F2N7O2/c1-14-21(16-4-2-3-5-19(16)26-14)22(33)23(34)31-10-8-30(9-11-31)13-20-27-28-29-32(20)15-6-7-17(24)18(25)12-15/h2-7,12,26H,8-11,13H2,1H3. The Morgan fingerprint density at radius 3 is 2.56 bits per heavy atom. The molecule has 1 fully saturated rings. The predicted octanol–water partition coefficient (Wildman–Crippen LogP) is 2.26. The Kier molecular flexibility index (Phi) is 5.62. The summed E-state index contributed by atoms with van der Waals surface area (Å²) in [7, 11) is 0. The number of aryl methyl sites for hydroxylation is 1. The second kappa shape index (κ2) is 8.75. The molecule has 1 saturated heterocycles. The smallest absolute Gasteiger partial charge is 0.295 e. The predicted molar refractivity (Wildman–Crippen MR) is 118 cm³/mol. The van der Waals surface area contributed by atoms with Crippen LogP contribution in [0.5, 0.6) is 0 Å². The molecule has 3 heterocycles. The molecular formula is C23H21F2N7O2. The molecule has 1 aliphatic rings. The van der Waals surface area contributed by atoms with Gasteiger partial charge in [0.1, 0.15) is 0 Å². The van der Waals surface area contributed by atoms with E-state index in [1.807, 2.05) is 29.2 Å². The summed E-state index contributed by atoms with van der Waals surface area (Å²) in [5, 5.41) is 12.3. The van der Waals surface area contributed by atoms with Gasteiger partial charge in [0.05, 0.1) is 17.8 Å². The number of carbonyl (C=O) groups excluding carboxylic acids is 2. The van der Waals surface area contributed by atoms with Gasteiger partial charge in [-0.1, -0.05) is 18.2 Å². The minimum atomic E-state index is -0.985. The zero-order chi connectivity index (χ0) is 23.8. The van der Waals surface area contributed by atoms with Crippen molar-refractivity contribution < 1.29 is 18.4 Å². The molecule has 0 saturated carbocycles. The monoisotopic (exact) mass is 465 g/mol. The van der Waals surface area contributed by atoms with Gasteiger partial charge in [-0.05, 0) is 35.5 Å². The van der Waals surface area contributed by atoms with E-state index in [1.54, 1.807) is 11.8 Å². The highest BCUT2D eigenvalue weighted by Crippen LogP contribution is 2.23. The number of H-pyrrole nitrogens is 1. The maximum Gasteiger partial charge on any atom is 0.295 e. The van der Waals surface area contributed by atoms with Gasteiger partial charge in [0.2, 0.25) is 0 Å². The van der Waals surface area contributed by atoms with Crippen LogP contribution in [-0.4, -0.2) is 72.9 Å². The molecule has 2 aromatic heterocycles. The van der Waals surface area contributed by atoms with Crippen LogP contribution in [0.4, 0.5) is 8.78 Å². The number of benzene rings is 2. The number of tetrazole rings is 1. The van der Waals surface area contributed by atoms with Gasteiger partial charge in [0.15, 0.2) is 17.5 Å². The van der Waals surface area contributed by atoms with Crippen LogP contribution in [0.3, 0.4) is 0 Å². The van der Waals surface area contributed by atoms with Crippen LogP contribution in [0, 0.1) is 18.6 Å². The molecule has 9 nitrogen and oxygen atoms in total. The molecule has 0 bridgehead atoms. The lowest BCUT2D eigenvalue weighted by Crippen LogP contribution is -2.50. The summed E-state index contributed by atoms with van der Waals surface area (Å²) in [6.45, 7) is 3.91. The number of hydrogen-bond donors (Lipinski definition) is 1. The number of hydrogen-bond acceptors (Lipinski definition) is 6. The van der Waals surface area contributed by atoms with Gasteiger partial charge >= 0.3 is 0 Å². The number of aromatic nitrogens is 5. The van der Waals surface area contributed by atoms with E-state index >= 15 is 0 Å². The van der Waals surface area contributed by atoms with E-state index in [-0.39, 0.29) is 0 Å². The van der Waals surface area contributed by atoms with Crippen molar-refractivity contribution in [1.82, 2.24) is 35.0 Å². The molecule has 0 atom stereocenters. The molecule has 0 radical (unpaired) electrons. The van der Waals surface area contributed by atoms with Crippen molar-refractivity contribution in [3.8, 4) is 5.69 Å². The average Bonchev–Trinajstić information content (AvgIpc) is 3.43. The van der Waals surface area contributed by atoms with E-state index < -0.39 is 23.3 Å². The first kappa shape index (κ1) is 21.8. The summed E-state index contributed by atoms with van der Waals surface area (Å²) in [6, 6.07) is 10.9. The molecule has 2 aromatic carbocycles. The van der Waals surface area contributed by atoms with E-state index in [0.717, 1.165) is 23.0 Å². The Morgan fingerprint density at radius 2 is 1.79 bits per heavy atom. The van der Waals surface area contributed by atoms with Crippen LogP contribution in [0.1, 0.15) is 21.9 Å². The number of ketones is 1. The van der Waals surface area contributed by atoms with Crippen LogP contribution in [-0.2, 0) is 11.3 Å². The average molecular weight is 465 g/mol. The largest absolute Gasteiger partial charge is 0.358 e. The van der Waals surface area contributed by atoms with Gasteiger partial charge in [0, 0.05) is 48.8 Å². The van der Waals surface area contributed by atoms with E-state index in [1.165, 1.54) is 10.7 Å². The molecule has 34 heavy (non-hydrogen) atoms. The normalized spacial score (nSPS) is 14.6. The van der Waals surface area contributed by atoms with Crippen LogP contribution in [0.25, 0.3) is 16.6 Å². The Labute approximate surface area is 193 Å². The number of nitrogens with zero attached hydrogens (tertiary/aromatic N) is 6. The maximum atomic E-state index is 13.6. The molecule has 0 aliphatic carbocycles. The van der Waals surface area contributed by atoms with Crippen molar-refractivity contribution in [2.24, 2.45) is 0 Å². The van der Waals surface area contributed by atoms with Gasteiger partial charge in [-0.25, -0.2) is 8.78 Å². The lowest BCUT2D eigenvalue weighted by Gasteiger charge is -2.34. The number of rotatable bonds is 5. The number of amides is 1. The summed E-state index contributed by atoms with van der Waals surface area (Å²) in [5.74, 6) is -2.53. The van der Waals surface area contributed by atoms with Gasteiger partial charge in [-0.2, -0.15) is 4.68 Å². The Morgan fingerprint density at radius 1 is 1.03 bits per heavy atom. The molecular weight excluding hydrogens is 444 g/mol. The van der Waals surface area contributed by atoms with Crippen molar-refractivity contribution in [3.05, 3.63) is 71.2 Å². The SMILES string of the molecule is Cc1[nH]c2ccccc2c1C(=O)C(=O)N1CCN(Cc2nnnn2-c2ccc(F)c(F)c2)CC1. The second-order valence-corrected chi connectivity index (χ2v) is 8.17. The van der Waals surface area contributed by atoms with Gasteiger partial charge < -0.3 is 9.88 Å². The minimum absolute atomic E-state index is 0.312. The second-order valence-electron chi connectivity index (χ2n) is 8.17. The van der Waals surface area contributed by atoms with Crippen LogP contribution in [0.2, 0.25) is 0 Å². The maximum absolute atomic E-state index is 13.6. The molecule has 0 spiro atoms. The first-order valence-corrected chi connectivity index (χ1v) is 10.8. The number of nitrogens with one attached hydrogen (secondary N) is 1. The highest BCUT2D eigenvalue weighted by atomic mass is 19.2. The lowest BCUT2D eigenvalue weighted by atomic mass is 10.1. The molecule has 1 aliphatic heterocycles. The third kappa shape index (κ3) is 3.94. The van der Waals surface area contributed by atoms with E-state index in [9.17, 15) is 18.4 Å². The van der Waals surface area contributed by atoms with E-state index in [4.69, 9.17) is 0 Å². The number of piperazine rings is 1. The number of para-hydroxylation sites is 1. The van der Waals surface area contributed by atoms with Crippen molar-refractivity contribution in [2.45, 2.75) is 13.5 Å². The summed E-state index contributed by atoms with van der Waals surface area (Å²) >= 11 is 0. The quantitative estimate of drug-likeness (QED) is 0.359. The van der Waals surface area contributed by atoms with Gasteiger partial charge in [0.25, 0.3) is 11.7 Å². The summed E-state index contributed by atoms with van der Waals surface area (Å²) in [4.78, 5) is 32.7. The highest BCUT2D eigenvalue weighted by molar-refractivity contribution is 6.45. The summed E-state index contributed by atoms with van der Waals surface area (Å²) < 4.78 is 28.2. The fourth-order valence-electron chi connectivity index (χ4n) is 4.25. The van der Waals surface area contributed by atoms with Crippen molar-refractivity contribution in [1.29, 1.82) is 0 Å². The molecule has 5 rings (SSSR count). The molecule has 11 heteroatoms. The van der Waals surface area contributed by atoms with Gasteiger partial charge in [-0.3, -0.25) is 14.5 Å². The minimum Gasteiger partial charge on any atom is -0.358 e. The number of Topliss-reactive ketones (excluding diaryl/α,β-unsaturated/α-hetero) is 1. The molecule has 4 aromatic rings. The Bertz CT molecular complexity index is 1390. The first-order valence-electron chi connectivity index (χ1n) is 10.8. The first-order chi connectivity index (χ1) is 16.4. The van der Waals surface area contributed by atoms with Crippen molar-refractivity contribution in [3.63, 3.8) is 0 Å². The van der Waals surface area contributed by atoms with Crippen molar-refractivity contribution >= 4 is 22.6 Å². The number of fused-ring (bicyclic) bond motifs is 1. The third-order valence-corrected chi connectivity index (χ3v) is 6.02. The third-order valence-electron chi connectivity index (χ3n) is 6.02. The fourth-order valence-corrected chi connectivity index (χ4v) is 4.25. The topological polar surface area (TPSA) is 100 Å². The Balaban J connectivity index is 1.25. The molecule has 0 unspecified atom stereocenters. The number of aromatic amines is 1. The molecule has 1 amide bonds. The lowest BCUT2D eigenvalue weighted by molar-refractivity contribution is -0.128. The van der Waals surface area contributed by atoms with Crippen LogP contribution in [0.15, 0.2) is 42.5 Å². The van der Waals surface area contributed by atoms with Crippen LogP contribution >= 0.6 is 0 Å². The highest BCUT2D eigenvalue weighted by Gasteiger charge is 2.30. The van der Waals surface area contributed by atoms with Gasteiger partial charge in [-0.15, -0.1) is 5.10 Å². The Hall–Kier alpha value is -3.99. The number of halogens is 2. The summed E-state index contributed by atoms with van der Waals surface area (Å²) in [5.41, 5.74) is 2.21. The van der Waals surface area contributed by atoms with Crippen molar-refractivity contribution in [2.75, 3.05) is 26.2 Å². The van der Waals surface area contributed by atoms with Crippen LogP contribution < -0.4 is 0 Å². The van der Waals surface area contributed by atoms with E-state index in [2.05, 4.69) is 20.5 Å². The zero-order valence-corrected chi connectivity index (χ0v) is 18.3.